The summed E-state index contributed by atoms with van der Waals surface area (Å²) >= 11 is 0. The fourth-order valence-corrected chi connectivity index (χ4v) is 2.77. The van der Waals surface area contributed by atoms with E-state index in [0.29, 0.717) is 6.54 Å². The van der Waals surface area contributed by atoms with Crippen LogP contribution >= 0.6 is 0 Å². The highest BCUT2D eigenvalue weighted by Crippen LogP contribution is 2.09. The van der Waals surface area contributed by atoms with Gasteiger partial charge in [-0.15, -0.1) is 0 Å². The minimum Gasteiger partial charge on any atom is -0.352 e. The molecule has 2 aliphatic rings. The highest BCUT2D eigenvalue weighted by atomic mass is 16.2. The Balaban J connectivity index is 1.75. The van der Waals surface area contributed by atoms with Crippen molar-refractivity contribution in [2.45, 2.75) is 25.8 Å². The molecule has 2 aliphatic heterocycles. The van der Waals surface area contributed by atoms with Crippen LogP contribution < -0.4 is 10.6 Å². The summed E-state index contributed by atoms with van der Waals surface area (Å²) in [7, 11) is 0. The van der Waals surface area contributed by atoms with E-state index in [-0.39, 0.29) is 17.9 Å². The Morgan fingerprint density at radius 1 is 1.26 bits per heavy atom. The van der Waals surface area contributed by atoms with Crippen molar-refractivity contribution in [2.24, 2.45) is 0 Å². The molecule has 2 rings (SSSR count). The largest absolute Gasteiger partial charge is 0.352 e. The van der Waals surface area contributed by atoms with Gasteiger partial charge in [0.15, 0.2) is 0 Å². The summed E-state index contributed by atoms with van der Waals surface area (Å²) in [4.78, 5) is 27.3. The molecule has 6 heteroatoms. The predicted octanol–water partition coefficient (Wildman–Crippen LogP) is -0.981. The predicted molar refractivity (Wildman–Crippen MR) is 72.7 cm³/mol. The standard InChI is InChI=1S/C13H24N4O2/c1-11(18)15-12-3-7-16(9-12)10-13(19)17-6-2-4-14-5-8-17/h12,14H,2-10H2,1H3,(H,15,18). The normalized spacial score (nSPS) is 25.1. The van der Waals surface area contributed by atoms with Crippen molar-refractivity contribution in [1.29, 1.82) is 0 Å². The monoisotopic (exact) mass is 268 g/mol. The molecule has 0 aromatic heterocycles. The number of rotatable bonds is 3. The van der Waals surface area contributed by atoms with Gasteiger partial charge in [-0.3, -0.25) is 14.5 Å². The summed E-state index contributed by atoms with van der Waals surface area (Å²) in [6.45, 7) is 7.25. The molecule has 2 fully saturated rings. The van der Waals surface area contributed by atoms with Gasteiger partial charge in [-0.1, -0.05) is 0 Å². The number of nitrogens with one attached hydrogen (secondary N) is 2. The summed E-state index contributed by atoms with van der Waals surface area (Å²) in [6.07, 6.45) is 1.97. The maximum Gasteiger partial charge on any atom is 0.236 e. The number of carbonyl (C=O) groups is 2. The van der Waals surface area contributed by atoms with E-state index in [1.54, 1.807) is 0 Å². The Morgan fingerprint density at radius 2 is 2.11 bits per heavy atom. The second kappa shape index (κ2) is 6.86. The van der Waals surface area contributed by atoms with Gasteiger partial charge in [0.05, 0.1) is 6.54 Å². The fraction of sp³-hybridized carbons (Fsp3) is 0.846. The lowest BCUT2D eigenvalue weighted by atomic mass is 10.2. The van der Waals surface area contributed by atoms with Crippen LogP contribution in [0.2, 0.25) is 0 Å². The second-order valence-electron chi connectivity index (χ2n) is 5.41. The molecule has 0 radical (unpaired) electrons. The average Bonchev–Trinajstić information content (AvgIpc) is 2.64. The highest BCUT2D eigenvalue weighted by molar-refractivity contribution is 5.78. The van der Waals surface area contributed by atoms with E-state index in [2.05, 4.69) is 15.5 Å². The van der Waals surface area contributed by atoms with E-state index in [4.69, 9.17) is 0 Å². The van der Waals surface area contributed by atoms with Gasteiger partial charge in [0.1, 0.15) is 0 Å². The Bertz CT molecular complexity index is 327. The lowest BCUT2D eigenvalue weighted by Gasteiger charge is -2.23. The first-order chi connectivity index (χ1) is 9.15. The zero-order valence-corrected chi connectivity index (χ0v) is 11.7. The van der Waals surface area contributed by atoms with Crippen LogP contribution in [0.4, 0.5) is 0 Å². The molecule has 1 unspecified atom stereocenters. The molecule has 0 aromatic carbocycles. The second-order valence-corrected chi connectivity index (χ2v) is 5.41. The van der Waals surface area contributed by atoms with Crippen LogP contribution in [0.3, 0.4) is 0 Å². The van der Waals surface area contributed by atoms with Crippen molar-refractivity contribution in [3.63, 3.8) is 0 Å². The molecular formula is C13H24N4O2. The molecule has 2 amide bonds. The van der Waals surface area contributed by atoms with Crippen LogP contribution in [0.1, 0.15) is 19.8 Å². The first-order valence-electron chi connectivity index (χ1n) is 7.13. The van der Waals surface area contributed by atoms with Gasteiger partial charge in [0.2, 0.25) is 11.8 Å². The third-order valence-electron chi connectivity index (χ3n) is 3.73. The van der Waals surface area contributed by atoms with Crippen molar-refractivity contribution in [3.05, 3.63) is 0 Å². The van der Waals surface area contributed by atoms with Gasteiger partial charge < -0.3 is 15.5 Å². The van der Waals surface area contributed by atoms with Gasteiger partial charge in [0.25, 0.3) is 0 Å². The molecule has 0 saturated carbocycles. The number of hydrogen-bond donors (Lipinski definition) is 2. The van der Waals surface area contributed by atoms with Crippen molar-refractivity contribution in [1.82, 2.24) is 20.4 Å². The Hall–Kier alpha value is -1.14. The fourth-order valence-electron chi connectivity index (χ4n) is 2.77. The first-order valence-corrected chi connectivity index (χ1v) is 7.13. The molecule has 2 saturated heterocycles. The Kier molecular flexibility index (Phi) is 5.15. The zero-order valence-electron chi connectivity index (χ0n) is 11.7. The Morgan fingerprint density at radius 3 is 2.89 bits per heavy atom. The summed E-state index contributed by atoms with van der Waals surface area (Å²) in [5.74, 6) is 0.226. The number of amides is 2. The van der Waals surface area contributed by atoms with Gasteiger partial charge >= 0.3 is 0 Å². The van der Waals surface area contributed by atoms with E-state index in [0.717, 1.165) is 52.1 Å². The quantitative estimate of drug-likeness (QED) is 0.690. The summed E-state index contributed by atoms with van der Waals surface area (Å²) in [5, 5.41) is 6.22. The van der Waals surface area contributed by atoms with E-state index < -0.39 is 0 Å². The average molecular weight is 268 g/mol. The van der Waals surface area contributed by atoms with E-state index in [1.807, 2.05) is 4.90 Å². The minimum atomic E-state index is 0.0109. The van der Waals surface area contributed by atoms with Gasteiger partial charge in [0, 0.05) is 45.7 Å². The lowest BCUT2D eigenvalue weighted by molar-refractivity contribution is -0.132. The van der Waals surface area contributed by atoms with Crippen LogP contribution in [0.5, 0.6) is 0 Å². The molecule has 6 nitrogen and oxygen atoms in total. The third-order valence-corrected chi connectivity index (χ3v) is 3.73. The van der Waals surface area contributed by atoms with Crippen molar-refractivity contribution >= 4 is 11.8 Å². The maximum absolute atomic E-state index is 12.2. The summed E-state index contributed by atoms with van der Waals surface area (Å²) < 4.78 is 0. The first kappa shape index (κ1) is 14.3. The van der Waals surface area contributed by atoms with E-state index in [1.165, 1.54) is 6.92 Å². The topological polar surface area (TPSA) is 64.7 Å². The smallest absolute Gasteiger partial charge is 0.236 e. The summed E-state index contributed by atoms with van der Waals surface area (Å²) in [6, 6.07) is 0.205. The molecule has 2 heterocycles. The number of likely N-dealkylation sites (tertiary alicyclic amines) is 1. The molecular weight excluding hydrogens is 244 g/mol. The van der Waals surface area contributed by atoms with Gasteiger partial charge in [-0.05, 0) is 19.4 Å². The highest BCUT2D eigenvalue weighted by Gasteiger charge is 2.26. The van der Waals surface area contributed by atoms with Crippen LogP contribution in [-0.2, 0) is 9.59 Å². The van der Waals surface area contributed by atoms with E-state index >= 15 is 0 Å². The number of carbonyl (C=O) groups excluding carboxylic acids is 2. The number of hydrogen-bond acceptors (Lipinski definition) is 4. The molecule has 1 atom stereocenters. The SMILES string of the molecule is CC(=O)NC1CCN(CC(=O)N2CCCNCC2)C1. The molecule has 0 aromatic rings. The molecule has 0 bridgehead atoms. The van der Waals surface area contributed by atoms with Crippen molar-refractivity contribution in [2.75, 3.05) is 45.8 Å². The van der Waals surface area contributed by atoms with Crippen molar-refractivity contribution < 1.29 is 9.59 Å². The molecule has 108 valence electrons. The molecule has 0 spiro atoms. The molecule has 19 heavy (non-hydrogen) atoms. The van der Waals surface area contributed by atoms with Gasteiger partial charge in [-0.25, -0.2) is 0 Å². The third kappa shape index (κ3) is 4.47. The lowest BCUT2D eigenvalue weighted by Crippen LogP contribution is -2.42. The summed E-state index contributed by atoms with van der Waals surface area (Å²) in [5.41, 5.74) is 0. The zero-order chi connectivity index (χ0) is 13.7. The van der Waals surface area contributed by atoms with Crippen LogP contribution in [0.15, 0.2) is 0 Å². The molecule has 2 N–H and O–H groups in total. The van der Waals surface area contributed by atoms with Crippen LogP contribution in [-0.4, -0.2) is 73.5 Å². The molecule has 0 aliphatic carbocycles. The minimum absolute atomic E-state index is 0.0109. The van der Waals surface area contributed by atoms with E-state index in [9.17, 15) is 9.59 Å². The maximum atomic E-state index is 12.2. The Labute approximate surface area is 114 Å². The van der Waals surface area contributed by atoms with Crippen LogP contribution in [0, 0.1) is 0 Å². The van der Waals surface area contributed by atoms with Gasteiger partial charge in [-0.2, -0.15) is 0 Å². The van der Waals surface area contributed by atoms with Crippen molar-refractivity contribution in [3.8, 4) is 0 Å². The van der Waals surface area contributed by atoms with Crippen LogP contribution in [0.25, 0.3) is 0 Å². The number of nitrogens with zero attached hydrogens (tertiary/aromatic N) is 2.